The van der Waals surface area contributed by atoms with Crippen molar-refractivity contribution < 1.29 is 27.1 Å². The van der Waals surface area contributed by atoms with E-state index in [0.717, 1.165) is 23.8 Å². The lowest BCUT2D eigenvalue weighted by atomic mass is 10.00. The number of aromatic carboxylic acids is 1. The van der Waals surface area contributed by atoms with Crippen molar-refractivity contribution in [2.24, 2.45) is 0 Å². The summed E-state index contributed by atoms with van der Waals surface area (Å²) in [6.45, 7) is 0. The van der Waals surface area contributed by atoms with Gasteiger partial charge < -0.3 is 5.11 Å². The summed E-state index contributed by atoms with van der Waals surface area (Å²) in [4.78, 5) is 10.3. The molecule has 0 saturated carbocycles. The number of carboxylic acids is 1. The summed E-state index contributed by atoms with van der Waals surface area (Å²) >= 11 is 0. The van der Waals surface area contributed by atoms with Crippen LogP contribution in [-0.2, 0) is 22.9 Å². The number of carbonyl (C=O) groups is 1. The van der Waals surface area contributed by atoms with Crippen molar-refractivity contribution in [1.82, 2.24) is 0 Å². The number of rotatable bonds is 7. The minimum absolute atomic E-state index is 0.150. The number of carboxylic acid groups (broad SMARTS) is 1. The van der Waals surface area contributed by atoms with Gasteiger partial charge in [0, 0.05) is 5.69 Å². The number of anilines is 1. The highest BCUT2D eigenvalue weighted by Crippen LogP contribution is 2.23. The molecule has 0 atom stereocenters. The van der Waals surface area contributed by atoms with E-state index in [1.807, 2.05) is 0 Å². The molecule has 0 aliphatic carbocycles. The van der Waals surface area contributed by atoms with Crippen LogP contribution in [0.2, 0.25) is 0 Å². The second kappa shape index (κ2) is 8.40. The van der Waals surface area contributed by atoms with Crippen LogP contribution < -0.4 is 4.72 Å². The van der Waals surface area contributed by atoms with Gasteiger partial charge in [0.2, 0.25) is 0 Å². The van der Waals surface area contributed by atoms with E-state index < -0.39 is 32.5 Å². The lowest BCUT2D eigenvalue weighted by Gasteiger charge is -2.11. The molecule has 0 heterocycles. The van der Waals surface area contributed by atoms with Crippen molar-refractivity contribution in [3.63, 3.8) is 0 Å². The number of hydrogen-bond donors (Lipinski definition) is 2. The molecule has 0 amide bonds. The Morgan fingerprint density at radius 3 is 2.24 bits per heavy atom. The third-order valence-electron chi connectivity index (χ3n) is 4.30. The number of aryl methyl sites for hydroxylation is 2. The van der Waals surface area contributed by atoms with E-state index in [1.54, 1.807) is 36.4 Å². The van der Waals surface area contributed by atoms with E-state index in [1.165, 1.54) is 12.1 Å². The molecule has 3 aromatic rings. The molecule has 0 aromatic heterocycles. The molecule has 0 aliphatic heterocycles. The minimum atomic E-state index is -4.45. The van der Waals surface area contributed by atoms with E-state index in [0.29, 0.717) is 18.4 Å². The Morgan fingerprint density at radius 1 is 0.897 bits per heavy atom. The Balaban J connectivity index is 1.79. The summed E-state index contributed by atoms with van der Waals surface area (Å²) in [7, 11) is -4.45. The van der Waals surface area contributed by atoms with E-state index in [-0.39, 0.29) is 11.3 Å². The lowest BCUT2D eigenvalue weighted by molar-refractivity contribution is 0.0695. The van der Waals surface area contributed by atoms with Gasteiger partial charge in [0.15, 0.2) is 4.90 Å². The number of nitrogens with one attached hydrogen (secondary N) is 1. The normalized spacial score (nSPS) is 11.2. The van der Waals surface area contributed by atoms with Gasteiger partial charge in [-0.1, -0.05) is 36.4 Å². The van der Waals surface area contributed by atoms with Gasteiger partial charge in [-0.2, -0.15) is 0 Å². The highest BCUT2D eigenvalue weighted by atomic mass is 32.2. The topological polar surface area (TPSA) is 83.5 Å². The van der Waals surface area contributed by atoms with E-state index in [9.17, 15) is 27.1 Å². The van der Waals surface area contributed by atoms with Gasteiger partial charge in [0.05, 0.1) is 5.56 Å². The average molecular weight is 417 g/mol. The van der Waals surface area contributed by atoms with Crippen LogP contribution in [0.25, 0.3) is 0 Å². The fourth-order valence-electron chi connectivity index (χ4n) is 2.96. The SMILES string of the molecule is O=C(O)c1ccccc1CCc1cccc(NS(=O)(=O)c2c(F)cccc2F)c1. The van der Waals surface area contributed by atoms with Crippen molar-refractivity contribution in [2.75, 3.05) is 4.72 Å². The monoisotopic (exact) mass is 417 g/mol. The van der Waals surface area contributed by atoms with Crippen LogP contribution in [0.15, 0.2) is 71.6 Å². The van der Waals surface area contributed by atoms with Crippen LogP contribution >= 0.6 is 0 Å². The zero-order valence-electron chi connectivity index (χ0n) is 15.1. The molecule has 29 heavy (non-hydrogen) atoms. The molecule has 0 spiro atoms. The maximum Gasteiger partial charge on any atom is 0.335 e. The van der Waals surface area contributed by atoms with E-state index >= 15 is 0 Å². The molecule has 3 rings (SSSR count). The van der Waals surface area contributed by atoms with Gasteiger partial charge in [-0.05, 0) is 54.3 Å². The smallest absolute Gasteiger partial charge is 0.335 e. The Bertz CT molecular complexity index is 1140. The first kappa shape index (κ1) is 20.5. The number of benzene rings is 3. The Kier molecular flexibility index (Phi) is 5.93. The molecule has 150 valence electrons. The maximum absolute atomic E-state index is 13.8. The van der Waals surface area contributed by atoms with Gasteiger partial charge in [-0.25, -0.2) is 22.0 Å². The quantitative estimate of drug-likeness (QED) is 0.602. The second-order valence-electron chi connectivity index (χ2n) is 6.32. The van der Waals surface area contributed by atoms with Crippen LogP contribution in [0.5, 0.6) is 0 Å². The third kappa shape index (κ3) is 4.78. The van der Waals surface area contributed by atoms with Gasteiger partial charge >= 0.3 is 5.97 Å². The molecule has 0 bridgehead atoms. The summed E-state index contributed by atoms with van der Waals surface area (Å²) in [5.41, 5.74) is 1.75. The largest absolute Gasteiger partial charge is 0.478 e. The molecule has 2 N–H and O–H groups in total. The van der Waals surface area contributed by atoms with Crippen LogP contribution in [0.3, 0.4) is 0 Å². The Labute approximate surface area is 166 Å². The van der Waals surface area contributed by atoms with Crippen molar-refractivity contribution in [2.45, 2.75) is 17.7 Å². The molecule has 5 nitrogen and oxygen atoms in total. The molecule has 0 unspecified atom stereocenters. The molecule has 8 heteroatoms. The van der Waals surface area contributed by atoms with Crippen molar-refractivity contribution >= 4 is 21.7 Å². The average Bonchev–Trinajstić information content (AvgIpc) is 2.66. The van der Waals surface area contributed by atoms with Gasteiger partial charge in [0.25, 0.3) is 10.0 Å². The van der Waals surface area contributed by atoms with Crippen molar-refractivity contribution in [3.8, 4) is 0 Å². The van der Waals surface area contributed by atoms with Crippen molar-refractivity contribution in [3.05, 3.63) is 95.1 Å². The summed E-state index contributed by atoms with van der Waals surface area (Å²) in [6, 6.07) is 15.8. The first-order valence-corrected chi connectivity index (χ1v) is 10.1. The number of halogens is 2. The summed E-state index contributed by atoms with van der Waals surface area (Å²) < 4.78 is 54.6. The summed E-state index contributed by atoms with van der Waals surface area (Å²) in [5.74, 6) is -3.38. The predicted octanol–water partition coefficient (Wildman–Crippen LogP) is 4.25. The molecule has 0 fully saturated rings. The standard InChI is InChI=1S/C21H17F2NO4S/c22-18-9-4-10-19(23)20(18)29(27,28)24-16-7-3-5-14(13-16)11-12-15-6-1-2-8-17(15)21(25)26/h1-10,13,24H,11-12H2,(H,25,26). The van der Waals surface area contributed by atoms with Crippen LogP contribution in [0.1, 0.15) is 21.5 Å². The summed E-state index contributed by atoms with van der Waals surface area (Å²) in [5, 5.41) is 9.25. The molecule has 0 aliphatic rings. The molecule has 0 radical (unpaired) electrons. The van der Waals surface area contributed by atoms with E-state index in [2.05, 4.69) is 4.72 Å². The fourth-order valence-corrected chi connectivity index (χ4v) is 4.15. The van der Waals surface area contributed by atoms with Crippen LogP contribution in [-0.4, -0.2) is 19.5 Å². The molecule has 3 aromatic carbocycles. The number of sulfonamides is 1. The fraction of sp³-hybridized carbons (Fsp3) is 0.0952. The lowest BCUT2D eigenvalue weighted by Crippen LogP contribution is -2.16. The molecule has 0 saturated heterocycles. The Morgan fingerprint density at radius 2 is 1.55 bits per heavy atom. The van der Waals surface area contributed by atoms with Gasteiger partial charge in [-0.3, -0.25) is 4.72 Å². The highest BCUT2D eigenvalue weighted by Gasteiger charge is 2.23. The first-order valence-electron chi connectivity index (χ1n) is 8.65. The van der Waals surface area contributed by atoms with Crippen molar-refractivity contribution in [1.29, 1.82) is 0 Å². The highest BCUT2D eigenvalue weighted by molar-refractivity contribution is 7.92. The summed E-state index contributed by atoms with van der Waals surface area (Å²) in [6.07, 6.45) is 0.883. The predicted molar refractivity (Wildman–Crippen MR) is 104 cm³/mol. The molecular formula is C21H17F2NO4S. The third-order valence-corrected chi connectivity index (χ3v) is 5.73. The zero-order chi connectivity index (χ0) is 21.0. The minimum Gasteiger partial charge on any atom is -0.478 e. The zero-order valence-corrected chi connectivity index (χ0v) is 15.9. The van der Waals surface area contributed by atoms with E-state index in [4.69, 9.17) is 0 Å². The first-order chi connectivity index (χ1) is 13.8. The Hall–Kier alpha value is -3.26. The van der Waals surface area contributed by atoms with Crippen LogP contribution in [0.4, 0.5) is 14.5 Å². The van der Waals surface area contributed by atoms with Crippen LogP contribution in [0, 0.1) is 11.6 Å². The van der Waals surface area contributed by atoms with Gasteiger partial charge in [-0.15, -0.1) is 0 Å². The van der Waals surface area contributed by atoms with Gasteiger partial charge in [0.1, 0.15) is 11.6 Å². The second-order valence-corrected chi connectivity index (χ2v) is 7.94. The maximum atomic E-state index is 13.8. The number of hydrogen-bond acceptors (Lipinski definition) is 3. The molecular weight excluding hydrogens is 400 g/mol.